The van der Waals surface area contributed by atoms with E-state index in [9.17, 15) is 9.59 Å². The van der Waals surface area contributed by atoms with E-state index in [1.54, 1.807) is 5.51 Å². The topological polar surface area (TPSA) is 102 Å². The molecule has 29 heavy (non-hydrogen) atoms. The van der Waals surface area contributed by atoms with E-state index in [0.29, 0.717) is 19.4 Å². The summed E-state index contributed by atoms with van der Waals surface area (Å²) < 4.78 is 10.8. The lowest BCUT2D eigenvalue weighted by Crippen LogP contribution is -2.55. The Labute approximate surface area is 178 Å². The van der Waals surface area contributed by atoms with Gasteiger partial charge in [0.1, 0.15) is 16.1 Å². The second-order valence-electron chi connectivity index (χ2n) is 9.74. The molecule has 0 aliphatic heterocycles. The van der Waals surface area contributed by atoms with E-state index < -0.39 is 25.9 Å². The van der Waals surface area contributed by atoms with Gasteiger partial charge in [0, 0.05) is 14.0 Å². The molecule has 1 heterocycles. The lowest BCUT2D eigenvalue weighted by atomic mass is 9.82. The lowest BCUT2D eigenvalue weighted by Gasteiger charge is -2.36. The van der Waals surface area contributed by atoms with Crippen LogP contribution in [0.25, 0.3) is 0 Å². The average molecular weight is 443 g/mol. The first-order chi connectivity index (χ1) is 13.4. The van der Waals surface area contributed by atoms with Crippen LogP contribution in [0.3, 0.4) is 0 Å². The Morgan fingerprint density at radius 1 is 1.17 bits per heavy atom. The van der Waals surface area contributed by atoms with Crippen LogP contribution in [0.15, 0.2) is 5.51 Å². The first-order valence-corrected chi connectivity index (χ1v) is 14.7. The fourth-order valence-corrected chi connectivity index (χ4v) is 4.61. The van der Waals surface area contributed by atoms with Gasteiger partial charge in [0.25, 0.3) is 0 Å². The maximum absolute atomic E-state index is 12.3. The van der Waals surface area contributed by atoms with Gasteiger partial charge in [-0.15, -0.1) is 21.5 Å². The summed E-state index contributed by atoms with van der Waals surface area (Å²) in [6, 6.07) is 0.437. The molecule has 0 unspecified atom stereocenters. The molecule has 1 aromatic heterocycles. The molecule has 2 amide bonds. The number of alkyl carbamates (subject to hydrolysis) is 2. The van der Waals surface area contributed by atoms with E-state index in [-0.39, 0.29) is 18.0 Å². The highest BCUT2D eigenvalue weighted by molar-refractivity contribution is 7.09. The van der Waals surface area contributed by atoms with E-state index in [0.717, 1.165) is 17.5 Å². The summed E-state index contributed by atoms with van der Waals surface area (Å²) in [5, 5.41) is 14.9. The van der Waals surface area contributed by atoms with Crippen molar-refractivity contribution in [3.05, 3.63) is 10.5 Å². The lowest BCUT2D eigenvalue weighted by molar-refractivity contribution is 0.0471. The monoisotopic (exact) mass is 442 g/mol. The first-order valence-electron chi connectivity index (χ1n) is 10.1. The van der Waals surface area contributed by atoms with Crippen molar-refractivity contribution in [2.45, 2.75) is 89.3 Å². The highest BCUT2D eigenvalue weighted by atomic mass is 32.1. The minimum atomic E-state index is -1.26. The summed E-state index contributed by atoms with van der Waals surface area (Å²) >= 11 is 1.51. The Balaban J connectivity index is 1.98. The zero-order valence-corrected chi connectivity index (χ0v) is 20.1. The summed E-state index contributed by atoms with van der Waals surface area (Å²) in [6.45, 7) is 12.6. The Morgan fingerprint density at radius 3 is 2.45 bits per heavy atom. The SMILES string of the molecule is CC(C)(C)OC(=O)N[C@H]1C[C@@H](c2nncs2)CC[C@@H]1NC(=O)OCC[Si](C)(C)C. The molecule has 0 bridgehead atoms. The second kappa shape index (κ2) is 9.88. The van der Waals surface area contributed by atoms with Gasteiger partial charge < -0.3 is 20.1 Å². The van der Waals surface area contributed by atoms with Crippen molar-refractivity contribution >= 4 is 31.6 Å². The molecule has 2 N–H and O–H groups in total. The number of amides is 2. The summed E-state index contributed by atoms with van der Waals surface area (Å²) in [6.07, 6.45) is 1.32. The fraction of sp³-hybridized carbons (Fsp3) is 0.789. The van der Waals surface area contributed by atoms with Crippen molar-refractivity contribution in [3.63, 3.8) is 0 Å². The summed E-state index contributed by atoms with van der Waals surface area (Å²) in [5.41, 5.74) is 1.13. The fourth-order valence-electron chi connectivity index (χ4n) is 3.19. The highest BCUT2D eigenvalue weighted by Gasteiger charge is 2.35. The molecule has 0 saturated heterocycles. The van der Waals surface area contributed by atoms with Crippen molar-refractivity contribution < 1.29 is 19.1 Å². The smallest absolute Gasteiger partial charge is 0.407 e. The van der Waals surface area contributed by atoms with Crippen LogP contribution in [0, 0.1) is 0 Å². The predicted molar refractivity (Wildman–Crippen MR) is 116 cm³/mol. The predicted octanol–water partition coefficient (Wildman–Crippen LogP) is 4.13. The number of carbonyl (C=O) groups excluding carboxylic acids is 2. The molecule has 8 nitrogen and oxygen atoms in total. The van der Waals surface area contributed by atoms with Gasteiger partial charge in [-0.1, -0.05) is 19.6 Å². The number of nitrogens with one attached hydrogen (secondary N) is 2. The van der Waals surface area contributed by atoms with E-state index in [4.69, 9.17) is 9.47 Å². The van der Waals surface area contributed by atoms with Gasteiger partial charge in [-0.25, -0.2) is 9.59 Å². The molecule has 2 rings (SSSR count). The van der Waals surface area contributed by atoms with Crippen LogP contribution in [0.2, 0.25) is 25.7 Å². The van der Waals surface area contributed by atoms with E-state index in [2.05, 4.69) is 40.5 Å². The Hall–Kier alpha value is -1.68. The third kappa shape index (κ3) is 8.69. The number of hydrogen-bond donors (Lipinski definition) is 2. The molecule has 1 saturated carbocycles. The van der Waals surface area contributed by atoms with Crippen LogP contribution in [-0.2, 0) is 9.47 Å². The van der Waals surface area contributed by atoms with Gasteiger partial charge in [-0.3, -0.25) is 0 Å². The number of hydrogen-bond acceptors (Lipinski definition) is 7. The summed E-state index contributed by atoms with van der Waals surface area (Å²) in [5.74, 6) is 0.198. The first kappa shape index (κ1) is 23.6. The molecule has 1 aliphatic rings. The molecule has 10 heteroatoms. The van der Waals surface area contributed by atoms with Gasteiger partial charge in [0.2, 0.25) is 0 Å². The van der Waals surface area contributed by atoms with E-state index in [1.807, 2.05) is 20.8 Å². The Morgan fingerprint density at radius 2 is 1.86 bits per heavy atom. The van der Waals surface area contributed by atoms with Gasteiger partial charge in [-0.2, -0.15) is 0 Å². The molecular weight excluding hydrogens is 408 g/mol. The van der Waals surface area contributed by atoms with Gasteiger partial charge >= 0.3 is 12.2 Å². The molecule has 1 aliphatic carbocycles. The van der Waals surface area contributed by atoms with Crippen LogP contribution in [-0.4, -0.2) is 54.7 Å². The van der Waals surface area contributed by atoms with Gasteiger partial charge in [0.05, 0.1) is 18.7 Å². The zero-order chi connectivity index (χ0) is 21.7. The van der Waals surface area contributed by atoms with Crippen molar-refractivity contribution in [1.29, 1.82) is 0 Å². The van der Waals surface area contributed by atoms with Crippen molar-refractivity contribution in [2.24, 2.45) is 0 Å². The summed E-state index contributed by atoms with van der Waals surface area (Å²) in [7, 11) is -1.26. The number of rotatable bonds is 6. The largest absolute Gasteiger partial charge is 0.450 e. The summed E-state index contributed by atoms with van der Waals surface area (Å²) in [4.78, 5) is 24.6. The van der Waals surface area contributed by atoms with Crippen LogP contribution >= 0.6 is 11.3 Å². The number of carbonyl (C=O) groups is 2. The minimum Gasteiger partial charge on any atom is -0.450 e. The Bertz CT molecular complexity index is 673. The molecule has 1 aromatic rings. The molecule has 0 spiro atoms. The quantitative estimate of drug-likeness (QED) is 0.642. The molecule has 1 fully saturated rings. The molecule has 164 valence electrons. The normalized spacial score (nSPS) is 22.6. The maximum atomic E-state index is 12.3. The van der Waals surface area contributed by atoms with Crippen LogP contribution in [0.5, 0.6) is 0 Å². The standard InChI is InChI=1S/C19H34N4O4SSi/c1-19(2,3)27-18(25)22-15-11-13(16-23-20-12-28-16)7-8-14(15)21-17(24)26-9-10-29(4,5)6/h12-15H,7-11H2,1-6H3,(H,21,24)(H,22,25)/t13-,14-,15-/m0/s1. The molecule has 0 radical (unpaired) electrons. The average Bonchev–Trinajstić information content (AvgIpc) is 3.08. The van der Waals surface area contributed by atoms with Crippen molar-refractivity contribution in [3.8, 4) is 0 Å². The van der Waals surface area contributed by atoms with Crippen LogP contribution in [0.1, 0.15) is 51.0 Å². The van der Waals surface area contributed by atoms with E-state index >= 15 is 0 Å². The van der Waals surface area contributed by atoms with Crippen molar-refractivity contribution in [2.75, 3.05) is 6.61 Å². The number of nitrogens with zero attached hydrogens (tertiary/aromatic N) is 2. The van der Waals surface area contributed by atoms with Crippen LogP contribution in [0.4, 0.5) is 9.59 Å². The highest BCUT2D eigenvalue weighted by Crippen LogP contribution is 2.34. The Kier molecular flexibility index (Phi) is 8.04. The van der Waals surface area contributed by atoms with Crippen molar-refractivity contribution in [1.82, 2.24) is 20.8 Å². The molecular formula is C19H34N4O4SSi. The molecule has 3 atom stereocenters. The maximum Gasteiger partial charge on any atom is 0.407 e. The second-order valence-corrected chi connectivity index (χ2v) is 16.2. The van der Waals surface area contributed by atoms with Gasteiger partial charge in [0.15, 0.2) is 0 Å². The van der Waals surface area contributed by atoms with Crippen LogP contribution < -0.4 is 10.6 Å². The third-order valence-electron chi connectivity index (χ3n) is 4.67. The zero-order valence-electron chi connectivity index (χ0n) is 18.3. The minimum absolute atomic E-state index is 0.198. The van der Waals surface area contributed by atoms with E-state index in [1.165, 1.54) is 11.3 Å². The number of ether oxygens (including phenoxy) is 2. The molecule has 0 aromatic carbocycles. The third-order valence-corrected chi connectivity index (χ3v) is 7.23. The van der Waals surface area contributed by atoms with Gasteiger partial charge in [-0.05, 0) is 46.1 Å². The number of aromatic nitrogens is 2.